The van der Waals surface area contributed by atoms with Gasteiger partial charge in [0.05, 0.1) is 12.7 Å². The number of aryl methyl sites for hydroxylation is 1. The average Bonchev–Trinajstić information content (AvgIpc) is 3.07. The fourth-order valence-electron chi connectivity index (χ4n) is 5.01. The van der Waals surface area contributed by atoms with Crippen LogP contribution in [0.1, 0.15) is 68.7 Å². The monoisotopic (exact) mass is 607 g/mol. The number of amides is 1. The van der Waals surface area contributed by atoms with E-state index in [-0.39, 0.29) is 24.8 Å². The minimum absolute atomic E-state index is 0.117. The Morgan fingerprint density at radius 1 is 0.667 bits per heavy atom. The largest absolute Gasteiger partial charge is 0.485 e. The summed E-state index contributed by atoms with van der Waals surface area (Å²) in [6.07, 6.45) is 2.45. The first-order valence-electron chi connectivity index (χ1n) is 15.3. The second kappa shape index (κ2) is 16.8. The summed E-state index contributed by atoms with van der Waals surface area (Å²) in [5.74, 6) is -0.0112. The number of benzene rings is 4. The molecule has 4 aromatic carbocycles. The molecule has 0 aliphatic heterocycles. The molecule has 0 atom stereocenters. The third-order valence-corrected chi connectivity index (χ3v) is 7.74. The van der Waals surface area contributed by atoms with E-state index in [4.69, 9.17) is 14.2 Å². The van der Waals surface area contributed by atoms with Crippen molar-refractivity contribution >= 4 is 17.7 Å². The molecule has 7 heteroatoms. The second-order valence-corrected chi connectivity index (χ2v) is 11.0. The van der Waals surface area contributed by atoms with Crippen molar-refractivity contribution in [2.45, 2.75) is 52.7 Å². The third-order valence-electron chi connectivity index (χ3n) is 7.74. The molecule has 0 saturated carbocycles. The van der Waals surface area contributed by atoms with Crippen LogP contribution in [0.25, 0.3) is 0 Å². The number of hydrogen-bond donors (Lipinski definition) is 0. The van der Waals surface area contributed by atoms with Gasteiger partial charge in [-0.25, -0.2) is 0 Å². The number of carbonyl (C=O) groups is 3. The van der Waals surface area contributed by atoms with Crippen LogP contribution in [0.2, 0.25) is 0 Å². The predicted octanol–water partition coefficient (Wildman–Crippen LogP) is 7.52. The number of ketones is 1. The molecule has 0 fully saturated rings. The van der Waals surface area contributed by atoms with Crippen LogP contribution in [-0.2, 0) is 22.7 Å². The molecule has 0 aliphatic rings. The summed E-state index contributed by atoms with van der Waals surface area (Å²) < 4.78 is 17.3. The fraction of sp³-hybridized carbons (Fsp3) is 0.289. The summed E-state index contributed by atoms with van der Waals surface area (Å²) in [6, 6.07) is 30.4. The van der Waals surface area contributed by atoms with Crippen molar-refractivity contribution in [3.63, 3.8) is 0 Å². The Hall–Kier alpha value is -4.91. The van der Waals surface area contributed by atoms with Crippen LogP contribution >= 0.6 is 0 Å². The van der Waals surface area contributed by atoms with E-state index in [0.29, 0.717) is 49.5 Å². The molecule has 234 valence electrons. The topological polar surface area (TPSA) is 82.1 Å². The molecule has 0 bridgehead atoms. The van der Waals surface area contributed by atoms with E-state index in [1.54, 1.807) is 18.2 Å². The lowest BCUT2D eigenvalue weighted by Gasteiger charge is -2.24. The van der Waals surface area contributed by atoms with E-state index in [2.05, 4.69) is 0 Å². The smallest absolute Gasteiger partial charge is 0.325 e. The summed E-state index contributed by atoms with van der Waals surface area (Å²) >= 11 is 0. The number of ether oxygens (including phenoxy) is 3. The molecule has 0 N–H and O–H groups in total. The highest BCUT2D eigenvalue weighted by Gasteiger charge is 2.25. The predicted molar refractivity (Wildman–Crippen MR) is 175 cm³/mol. The van der Waals surface area contributed by atoms with Crippen molar-refractivity contribution in [1.29, 1.82) is 0 Å². The number of hydrogen-bond acceptors (Lipinski definition) is 6. The van der Waals surface area contributed by atoms with Gasteiger partial charge in [0.15, 0.2) is 17.3 Å². The Balaban J connectivity index is 1.48. The maximum Gasteiger partial charge on any atom is 0.325 e. The number of unbranched alkanes of at least 4 members (excludes halogenated alkanes) is 2. The van der Waals surface area contributed by atoms with Gasteiger partial charge in [-0.2, -0.15) is 0 Å². The quantitative estimate of drug-likeness (QED) is 0.0745. The van der Waals surface area contributed by atoms with E-state index in [1.807, 2.05) is 92.7 Å². The summed E-state index contributed by atoms with van der Waals surface area (Å²) in [5.41, 5.74) is 5.08. The van der Waals surface area contributed by atoms with E-state index < -0.39 is 5.97 Å². The van der Waals surface area contributed by atoms with Crippen molar-refractivity contribution in [3.05, 3.63) is 130 Å². The third kappa shape index (κ3) is 9.54. The highest BCUT2D eigenvalue weighted by atomic mass is 16.5. The Kier molecular flexibility index (Phi) is 12.3. The number of nitrogens with zero attached hydrogens (tertiary/aromatic N) is 1. The molecule has 7 nitrogen and oxygen atoms in total. The van der Waals surface area contributed by atoms with Crippen LogP contribution in [0.4, 0.5) is 0 Å². The SMILES string of the molecule is COC(=O)CN(CCCCCC(=O)c1cccc(C)c1C)C(=O)c1cccc(OCc2ccccc2)c1OCc1ccccc1. The van der Waals surface area contributed by atoms with E-state index in [1.165, 1.54) is 12.0 Å². The molecule has 45 heavy (non-hydrogen) atoms. The molecule has 4 rings (SSSR count). The van der Waals surface area contributed by atoms with E-state index in [0.717, 1.165) is 34.2 Å². The lowest BCUT2D eigenvalue weighted by atomic mass is 9.97. The second-order valence-electron chi connectivity index (χ2n) is 11.0. The van der Waals surface area contributed by atoms with Crippen LogP contribution in [-0.4, -0.2) is 42.8 Å². The van der Waals surface area contributed by atoms with Crippen molar-refractivity contribution in [2.24, 2.45) is 0 Å². The van der Waals surface area contributed by atoms with Crippen molar-refractivity contribution in [3.8, 4) is 11.5 Å². The maximum atomic E-state index is 14.0. The molecule has 4 aromatic rings. The summed E-state index contributed by atoms with van der Waals surface area (Å²) in [5, 5.41) is 0. The Morgan fingerprint density at radius 2 is 1.29 bits per heavy atom. The van der Waals surface area contributed by atoms with Gasteiger partial charge in [-0.05, 0) is 61.1 Å². The summed E-state index contributed by atoms with van der Waals surface area (Å²) in [7, 11) is 1.30. The summed E-state index contributed by atoms with van der Waals surface area (Å²) in [6.45, 7) is 4.62. The number of rotatable bonds is 16. The lowest BCUT2D eigenvalue weighted by molar-refractivity contribution is -0.141. The zero-order chi connectivity index (χ0) is 32.0. The standard InChI is InChI=1S/C38H41NO6/c1-28-15-13-20-32(29(28)2)34(40)22-11-6-12-24-39(25-36(41)43-3)38(42)33-21-14-23-35(44-26-30-16-7-4-8-17-30)37(33)45-27-31-18-9-5-10-19-31/h4-5,7-10,13-21,23H,6,11-12,22,24-27H2,1-3H3. The Labute approximate surface area is 265 Å². The van der Waals surface area contributed by atoms with Crippen molar-refractivity contribution < 1.29 is 28.6 Å². The Morgan fingerprint density at radius 3 is 1.96 bits per heavy atom. The molecule has 0 saturated heterocycles. The molecule has 0 aliphatic carbocycles. The number of esters is 1. The van der Waals surface area contributed by atoms with Gasteiger partial charge in [0.2, 0.25) is 0 Å². The number of Topliss-reactive ketones (excluding diaryl/α,β-unsaturated/α-hetero) is 1. The van der Waals surface area contributed by atoms with Gasteiger partial charge in [-0.1, -0.05) is 91.3 Å². The van der Waals surface area contributed by atoms with Gasteiger partial charge >= 0.3 is 5.97 Å². The number of methoxy groups -OCH3 is 1. The first-order valence-corrected chi connectivity index (χ1v) is 15.3. The first kappa shape index (κ1) is 33.0. The molecule has 0 unspecified atom stereocenters. The Bertz CT molecular complexity index is 1570. The van der Waals surface area contributed by atoms with Crippen LogP contribution in [0, 0.1) is 13.8 Å². The molecular formula is C38H41NO6. The fourth-order valence-corrected chi connectivity index (χ4v) is 5.01. The van der Waals surface area contributed by atoms with E-state index in [9.17, 15) is 14.4 Å². The first-order chi connectivity index (χ1) is 21.9. The molecular weight excluding hydrogens is 566 g/mol. The minimum Gasteiger partial charge on any atom is -0.485 e. The highest BCUT2D eigenvalue weighted by Crippen LogP contribution is 2.34. The van der Waals surface area contributed by atoms with Crippen LogP contribution in [0.5, 0.6) is 11.5 Å². The van der Waals surface area contributed by atoms with Gasteiger partial charge in [-0.3, -0.25) is 14.4 Å². The molecule has 1 amide bonds. The van der Waals surface area contributed by atoms with Crippen LogP contribution in [0.3, 0.4) is 0 Å². The van der Waals surface area contributed by atoms with Crippen molar-refractivity contribution in [1.82, 2.24) is 4.90 Å². The van der Waals surface area contributed by atoms with Gasteiger partial charge < -0.3 is 19.1 Å². The molecule has 0 heterocycles. The van der Waals surface area contributed by atoms with Gasteiger partial charge in [0.1, 0.15) is 19.8 Å². The lowest BCUT2D eigenvalue weighted by Crippen LogP contribution is -2.37. The van der Waals surface area contributed by atoms with Gasteiger partial charge in [-0.15, -0.1) is 0 Å². The van der Waals surface area contributed by atoms with Gasteiger partial charge in [0, 0.05) is 18.5 Å². The molecule has 0 aromatic heterocycles. The summed E-state index contributed by atoms with van der Waals surface area (Å²) in [4.78, 5) is 40.7. The molecule has 0 spiro atoms. The van der Waals surface area contributed by atoms with Crippen LogP contribution < -0.4 is 9.47 Å². The van der Waals surface area contributed by atoms with Gasteiger partial charge in [0.25, 0.3) is 5.91 Å². The molecule has 0 radical (unpaired) electrons. The normalized spacial score (nSPS) is 10.6. The zero-order valence-corrected chi connectivity index (χ0v) is 26.3. The van der Waals surface area contributed by atoms with Crippen molar-refractivity contribution in [2.75, 3.05) is 20.2 Å². The highest BCUT2D eigenvalue weighted by molar-refractivity contribution is 5.99. The number of carbonyl (C=O) groups excluding carboxylic acids is 3. The van der Waals surface area contributed by atoms with Crippen LogP contribution in [0.15, 0.2) is 97.1 Å². The maximum absolute atomic E-state index is 14.0. The number of para-hydroxylation sites is 1. The average molecular weight is 608 g/mol. The minimum atomic E-state index is -0.517. The van der Waals surface area contributed by atoms with E-state index >= 15 is 0 Å². The zero-order valence-electron chi connectivity index (χ0n) is 26.3.